The van der Waals surface area contributed by atoms with Gasteiger partial charge in [-0.25, -0.2) is 0 Å². The summed E-state index contributed by atoms with van der Waals surface area (Å²) in [7, 11) is 0. The van der Waals surface area contributed by atoms with E-state index in [0.717, 1.165) is 26.1 Å². The van der Waals surface area contributed by atoms with Gasteiger partial charge in [-0.3, -0.25) is 4.79 Å². The number of esters is 1. The summed E-state index contributed by atoms with van der Waals surface area (Å²) in [6.07, 6.45) is 3.13. The summed E-state index contributed by atoms with van der Waals surface area (Å²) in [5.74, 6) is 0.358. The zero-order valence-corrected chi connectivity index (χ0v) is 9.41. The summed E-state index contributed by atoms with van der Waals surface area (Å²) in [4.78, 5) is 11.3. The molecule has 0 saturated carbocycles. The molecule has 0 spiro atoms. The van der Waals surface area contributed by atoms with Crippen molar-refractivity contribution in [2.24, 2.45) is 11.7 Å². The van der Waals surface area contributed by atoms with Crippen molar-refractivity contribution < 1.29 is 14.3 Å². The van der Waals surface area contributed by atoms with E-state index in [-0.39, 0.29) is 12.0 Å². The van der Waals surface area contributed by atoms with E-state index in [0.29, 0.717) is 25.4 Å². The first kappa shape index (κ1) is 12.5. The molecule has 2 N–H and O–H groups in total. The molecule has 15 heavy (non-hydrogen) atoms. The standard InChI is InChI=1S/C11H21NO3/c1-9(12)2-3-11(13)15-8-10-4-6-14-7-5-10/h9-10H,2-8,12H2,1H3. The van der Waals surface area contributed by atoms with Gasteiger partial charge in [-0.05, 0) is 32.1 Å². The lowest BCUT2D eigenvalue weighted by Crippen LogP contribution is -2.23. The Kier molecular flexibility index (Phi) is 5.65. The molecule has 1 aliphatic heterocycles. The van der Waals surface area contributed by atoms with Crippen molar-refractivity contribution in [3.63, 3.8) is 0 Å². The van der Waals surface area contributed by atoms with Crippen molar-refractivity contribution in [1.82, 2.24) is 0 Å². The lowest BCUT2D eigenvalue weighted by Gasteiger charge is -2.21. The van der Waals surface area contributed by atoms with Gasteiger partial charge in [0, 0.05) is 25.7 Å². The highest BCUT2D eigenvalue weighted by Crippen LogP contribution is 2.15. The van der Waals surface area contributed by atoms with Gasteiger partial charge >= 0.3 is 5.97 Å². The first-order valence-electron chi connectivity index (χ1n) is 5.67. The summed E-state index contributed by atoms with van der Waals surface area (Å²) < 4.78 is 10.4. The number of hydrogen-bond acceptors (Lipinski definition) is 4. The number of rotatable bonds is 5. The Bertz CT molecular complexity index is 188. The number of hydrogen-bond donors (Lipinski definition) is 1. The Hall–Kier alpha value is -0.610. The lowest BCUT2D eigenvalue weighted by atomic mass is 10.0. The van der Waals surface area contributed by atoms with E-state index >= 15 is 0 Å². The molecule has 1 rings (SSSR count). The van der Waals surface area contributed by atoms with Crippen LogP contribution in [0.25, 0.3) is 0 Å². The smallest absolute Gasteiger partial charge is 0.305 e. The highest BCUT2D eigenvalue weighted by Gasteiger charge is 2.15. The molecular weight excluding hydrogens is 194 g/mol. The van der Waals surface area contributed by atoms with E-state index in [1.165, 1.54) is 0 Å². The minimum atomic E-state index is -0.126. The molecule has 4 heteroatoms. The molecule has 1 aliphatic rings. The number of carbonyl (C=O) groups excluding carboxylic acids is 1. The summed E-state index contributed by atoms with van der Waals surface area (Å²) in [6, 6.07) is 0.0700. The second-order valence-electron chi connectivity index (χ2n) is 4.25. The van der Waals surface area contributed by atoms with Gasteiger partial charge in [-0.15, -0.1) is 0 Å². The van der Waals surface area contributed by atoms with Crippen LogP contribution in [-0.2, 0) is 14.3 Å². The Balaban J connectivity index is 2.05. The summed E-state index contributed by atoms with van der Waals surface area (Å²) in [5.41, 5.74) is 5.56. The fourth-order valence-electron chi connectivity index (χ4n) is 1.54. The van der Waals surface area contributed by atoms with Crippen molar-refractivity contribution >= 4 is 5.97 Å². The van der Waals surface area contributed by atoms with Crippen molar-refractivity contribution in [2.75, 3.05) is 19.8 Å². The van der Waals surface area contributed by atoms with Gasteiger partial charge in [0.1, 0.15) is 0 Å². The molecule has 0 aromatic rings. The zero-order valence-electron chi connectivity index (χ0n) is 9.41. The SMILES string of the molecule is CC(N)CCC(=O)OCC1CCOCC1. The maximum absolute atomic E-state index is 11.3. The van der Waals surface area contributed by atoms with Crippen molar-refractivity contribution in [1.29, 1.82) is 0 Å². The minimum Gasteiger partial charge on any atom is -0.465 e. The summed E-state index contributed by atoms with van der Waals surface area (Å²) in [6.45, 7) is 4.02. The van der Waals surface area contributed by atoms with Gasteiger partial charge in [0.15, 0.2) is 0 Å². The number of nitrogens with two attached hydrogens (primary N) is 1. The Morgan fingerprint density at radius 2 is 2.20 bits per heavy atom. The van der Waals surface area contributed by atoms with Crippen LogP contribution in [-0.4, -0.2) is 31.8 Å². The fraction of sp³-hybridized carbons (Fsp3) is 0.909. The van der Waals surface area contributed by atoms with Gasteiger partial charge in [0.25, 0.3) is 0 Å². The van der Waals surface area contributed by atoms with Gasteiger partial charge < -0.3 is 15.2 Å². The van der Waals surface area contributed by atoms with Crippen LogP contribution in [0, 0.1) is 5.92 Å². The van der Waals surface area contributed by atoms with Gasteiger partial charge in [0.05, 0.1) is 6.61 Å². The molecule has 0 aromatic heterocycles. The highest BCUT2D eigenvalue weighted by atomic mass is 16.5. The third-order valence-corrected chi connectivity index (χ3v) is 2.62. The molecule has 1 unspecified atom stereocenters. The van der Waals surface area contributed by atoms with E-state index < -0.39 is 0 Å². The van der Waals surface area contributed by atoms with Crippen LogP contribution in [0.4, 0.5) is 0 Å². The maximum Gasteiger partial charge on any atom is 0.305 e. The van der Waals surface area contributed by atoms with Crippen molar-refractivity contribution in [3.8, 4) is 0 Å². The molecule has 0 aromatic carbocycles. The normalized spacial score (nSPS) is 19.9. The molecule has 1 saturated heterocycles. The molecule has 1 heterocycles. The first-order chi connectivity index (χ1) is 7.18. The largest absolute Gasteiger partial charge is 0.465 e. The first-order valence-corrected chi connectivity index (χ1v) is 5.67. The molecule has 88 valence electrons. The molecule has 0 amide bonds. The van der Waals surface area contributed by atoms with Gasteiger partial charge in [0.2, 0.25) is 0 Å². The third kappa shape index (κ3) is 5.74. The fourth-order valence-corrected chi connectivity index (χ4v) is 1.54. The van der Waals surface area contributed by atoms with Crippen LogP contribution in [0.1, 0.15) is 32.6 Å². The molecule has 0 bridgehead atoms. The molecule has 1 fully saturated rings. The zero-order chi connectivity index (χ0) is 11.1. The summed E-state index contributed by atoms with van der Waals surface area (Å²) >= 11 is 0. The maximum atomic E-state index is 11.3. The highest BCUT2D eigenvalue weighted by molar-refractivity contribution is 5.69. The predicted octanol–water partition coefficient (Wildman–Crippen LogP) is 1.08. The van der Waals surface area contributed by atoms with Crippen molar-refractivity contribution in [2.45, 2.75) is 38.6 Å². The van der Waals surface area contributed by atoms with Crippen LogP contribution >= 0.6 is 0 Å². The van der Waals surface area contributed by atoms with Crippen LogP contribution in [0.3, 0.4) is 0 Å². The van der Waals surface area contributed by atoms with E-state index in [4.69, 9.17) is 15.2 Å². The van der Waals surface area contributed by atoms with Crippen LogP contribution in [0.15, 0.2) is 0 Å². The van der Waals surface area contributed by atoms with Crippen LogP contribution in [0.5, 0.6) is 0 Å². The Morgan fingerprint density at radius 3 is 2.80 bits per heavy atom. The molecule has 0 radical (unpaired) electrons. The monoisotopic (exact) mass is 215 g/mol. The van der Waals surface area contributed by atoms with E-state index in [2.05, 4.69) is 0 Å². The second kappa shape index (κ2) is 6.80. The molecule has 4 nitrogen and oxygen atoms in total. The van der Waals surface area contributed by atoms with Gasteiger partial charge in [-0.2, -0.15) is 0 Å². The molecule has 0 aliphatic carbocycles. The van der Waals surface area contributed by atoms with E-state index in [9.17, 15) is 4.79 Å². The third-order valence-electron chi connectivity index (χ3n) is 2.62. The van der Waals surface area contributed by atoms with E-state index in [1.807, 2.05) is 6.92 Å². The number of ether oxygens (including phenoxy) is 2. The van der Waals surface area contributed by atoms with Gasteiger partial charge in [-0.1, -0.05) is 0 Å². The number of carbonyl (C=O) groups is 1. The summed E-state index contributed by atoms with van der Waals surface area (Å²) in [5, 5.41) is 0. The van der Waals surface area contributed by atoms with Crippen molar-refractivity contribution in [3.05, 3.63) is 0 Å². The minimum absolute atomic E-state index is 0.0700. The average molecular weight is 215 g/mol. The topological polar surface area (TPSA) is 61.6 Å². The molecular formula is C11H21NO3. The Labute approximate surface area is 91.1 Å². The van der Waals surface area contributed by atoms with E-state index in [1.54, 1.807) is 0 Å². The predicted molar refractivity (Wildman–Crippen MR) is 57.4 cm³/mol. The second-order valence-corrected chi connectivity index (χ2v) is 4.25. The quantitative estimate of drug-likeness (QED) is 0.697. The Morgan fingerprint density at radius 1 is 1.53 bits per heavy atom. The van der Waals surface area contributed by atoms with Crippen LogP contribution < -0.4 is 5.73 Å². The lowest BCUT2D eigenvalue weighted by molar-refractivity contribution is -0.146. The molecule has 1 atom stereocenters. The van der Waals surface area contributed by atoms with Crippen LogP contribution in [0.2, 0.25) is 0 Å². The average Bonchev–Trinajstić information content (AvgIpc) is 2.25.